The molecule has 0 bridgehead atoms. The zero-order valence-corrected chi connectivity index (χ0v) is 33.7. The molecule has 14 heteroatoms. The van der Waals surface area contributed by atoms with Crippen molar-refractivity contribution < 1.29 is 70.0 Å². The molecule has 5 saturated carbocycles. The highest BCUT2D eigenvalue weighted by Crippen LogP contribution is 2.89. The first-order valence-corrected chi connectivity index (χ1v) is 20.9. The molecule has 0 amide bonds. The Hall–Kier alpha value is -0.560. The summed E-state index contributed by atoms with van der Waals surface area (Å²) < 4.78 is 23.6. The first kappa shape index (κ1) is 42.6. The fourth-order valence-electron chi connectivity index (χ4n) is 14.2. The molecule has 21 unspecified atom stereocenters. The van der Waals surface area contributed by atoms with E-state index >= 15 is 0 Å². The molecule has 0 aromatic carbocycles. The maximum atomic E-state index is 12.4. The maximum Gasteiger partial charge on any atom is 0.186 e. The molecule has 10 N–H and O–H groups in total. The van der Waals surface area contributed by atoms with Crippen LogP contribution in [0.2, 0.25) is 0 Å². The maximum absolute atomic E-state index is 12.4. The first-order valence-electron chi connectivity index (χ1n) is 20.9. The number of hydrogen-bond donors (Lipinski definition) is 10. The van der Waals surface area contributed by atoms with Crippen LogP contribution < -0.4 is 0 Å². The van der Waals surface area contributed by atoms with Crippen LogP contribution in [0.5, 0.6) is 0 Å². The largest absolute Gasteiger partial charge is 0.394 e. The van der Waals surface area contributed by atoms with Crippen LogP contribution in [0.25, 0.3) is 0 Å². The van der Waals surface area contributed by atoms with Crippen molar-refractivity contribution in [3.8, 4) is 0 Å². The van der Waals surface area contributed by atoms with Gasteiger partial charge >= 0.3 is 0 Å². The van der Waals surface area contributed by atoms with Crippen molar-refractivity contribution in [3.63, 3.8) is 0 Å². The van der Waals surface area contributed by atoms with Crippen molar-refractivity contribution in [2.75, 3.05) is 13.2 Å². The lowest BCUT2D eigenvalue weighted by molar-refractivity contribution is -0.327. The van der Waals surface area contributed by atoms with Crippen LogP contribution in [0, 0.1) is 50.7 Å². The number of rotatable bonds is 10. The Morgan fingerprint density at radius 2 is 1.44 bits per heavy atom. The van der Waals surface area contributed by atoms with Gasteiger partial charge in [-0.15, -0.1) is 0 Å². The molecule has 7 rings (SSSR count). The lowest BCUT2D eigenvalue weighted by Gasteiger charge is -2.64. The van der Waals surface area contributed by atoms with E-state index in [1.54, 1.807) is 13.8 Å². The van der Waals surface area contributed by atoms with E-state index < -0.39 is 91.2 Å². The van der Waals surface area contributed by atoms with Crippen LogP contribution >= 0.6 is 0 Å². The van der Waals surface area contributed by atoms with Crippen LogP contribution in [-0.2, 0) is 18.9 Å². The minimum atomic E-state index is -1.52. The summed E-state index contributed by atoms with van der Waals surface area (Å²) in [5.41, 5.74) is -2.19. The molecule has 2 saturated heterocycles. The van der Waals surface area contributed by atoms with E-state index in [1.807, 2.05) is 0 Å². The number of hydrogen-bond acceptors (Lipinski definition) is 14. The zero-order chi connectivity index (χ0) is 40.4. The van der Waals surface area contributed by atoms with Gasteiger partial charge in [0.05, 0.1) is 43.2 Å². The molecule has 7 aliphatic rings. The normalized spacial score (nSPS) is 54.4. The van der Waals surface area contributed by atoms with Crippen molar-refractivity contribution in [2.24, 2.45) is 50.7 Å². The second-order valence-electron chi connectivity index (χ2n) is 20.7. The summed E-state index contributed by atoms with van der Waals surface area (Å²) in [6, 6.07) is 0. The molecule has 21 atom stereocenters. The second-order valence-corrected chi connectivity index (χ2v) is 20.7. The minimum Gasteiger partial charge on any atom is -0.394 e. The third-order valence-electron chi connectivity index (χ3n) is 17.4. The van der Waals surface area contributed by atoms with Crippen LogP contribution in [-0.4, -0.2) is 150 Å². The van der Waals surface area contributed by atoms with E-state index in [1.165, 1.54) is 0 Å². The van der Waals surface area contributed by atoms with Gasteiger partial charge < -0.3 is 70.0 Å². The summed E-state index contributed by atoms with van der Waals surface area (Å²) in [5, 5.41) is 107. The molecule has 7 fully saturated rings. The quantitative estimate of drug-likeness (QED) is 0.136. The van der Waals surface area contributed by atoms with Gasteiger partial charge in [-0.3, -0.25) is 0 Å². The smallest absolute Gasteiger partial charge is 0.186 e. The number of ether oxygens (including phenoxy) is 4. The fourth-order valence-corrected chi connectivity index (χ4v) is 14.2. The Bertz CT molecular complexity index is 1400. The highest BCUT2D eigenvalue weighted by Gasteiger charge is 2.84. The van der Waals surface area contributed by atoms with Gasteiger partial charge in [0.25, 0.3) is 0 Å². The molecule has 55 heavy (non-hydrogen) atoms. The average molecular weight is 787 g/mol. The van der Waals surface area contributed by atoms with Gasteiger partial charge in [0.2, 0.25) is 0 Å². The summed E-state index contributed by atoms with van der Waals surface area (Å²) >= 11 is 0. The van der Waals surface area contributed by atoms with E-state index in [4.69, 9.17) is 18.9 Å². The summed E-state index contributed by atoms with van der Waals surface area (Å²) in [7, 11) is 0. The molecule has 2 spiro atoms. The zero-order valence-electron chi connectivity index (χ0n) is 33.7. The SMILES string of the molecule is CC(CCC(O)C(C)(C)OC1OCC(O)C(O)C1O)C1C(O)CC2(C)C3C(O)CC4C(C)(C)C(OC5OC(CO)C(O)C(O)C5O)CCC45CC35CCC12C. The van der Waals surface area contributed by atoms with Gasteiger partial charge in [-0.1, -0.05) is 34.6 Å². The van der Waals surface area contributed by atoms with Gasteiger partial charge in [-0.05, 0) is 122 Å². The summed E-state index contributed by atoms with van der Waals surface area (Å²) in [6.07, 6.45) is -7.80. The highest BCUT2D eigenvalue weighted by molar-refractivity contribution is 5.32. The highest BCUT2D eigenvalue weighted by atomic mass is 16.7. The van der Waals surface area contributed by atoms with Crippen LogP contribution in [0.3, 0.4) is 0 Å². The second kappa shape index (κ2) is 14.3. The predicted molar refractivity (Wildman–Crippen MR) is 196 cm³/mol. The lowest BCUT2D eigenvalue weighted by Crippen LogP contribution is -2.63. The van der Waals surface area contributed by atoms with Crippen molar-refractivity contribution >= 4 is 0 Å². The van der Waals surface area contributed by atoms with E-state index in [0.29, 0.717) is 32.1 Å². The van der Waals surface area contributed by atoms with Crippen molar-refractivity contribution in [3.05, 3.63) is 0 Å². The van der Waals surface area contributed by atoms with Gasteiger partial charge in [0, 0.05) is 0 Å². The van der Waals surface area contributed by atoms with Crippen molar-refractivity contribution in [2.45, 2.75) is 192 Å². The standard InChI is InChI=1S/C41H70O14/c1-19(8-9-25(46)37(4,5)55-34-31(50)28(47)22(45)17-52-34)27-21(44)15-39(7)33-20(43)14-24-36(2,3)26(54-35-32(51)30(49)29(48)23(16-42)53-35)10-11-40(24)18-41(33,40)13-12-38(27,39)6/h19-35,42-51H,8-18H2,1-7H3. The molecule has 0 aromatic heterocycles. The summed E-state index contributed by atoms with van der Waals surface area (Å²) in [6.45, 7) is 13.8. The van der Waals surface area contributed by atoms with Gasteiger partial charge in [-0.2, -0.15) is 0 Å². The van der Waals surface area contributed by atoms with E-state index in [0.717, 1.165) is 25.7 Å². The van der Waals surface area contributed by atoms with Crippen molar-refractivity contribution in [1.82, 2.24) is 0 Å². The predicted octanol–water partition coefficient (Wildman–Crippen LogP) is 0.564. The number of aliphatic hydroxyl groups is 10. The fraction of sp³-hybridized carbons (Fsp3) is 1.00. The molecule has 318 valence electrons. The third-order valence-corrected chi connectivity index (χ3v) is 17.4. The van der Waals surface area contributed by atoms with E-state index in [9.17, 15) is 51.1 Å². The van der Waals surface area contributed by atoms with Gasteiger partial charge in [0.15, 0.2) is 12.6 Å². The molecule has 0 aromatic rings. The molecule has 5 aliphatic carbocycles. The Balaban J connectivity index is 1.04. The Kier molecular flexibility index (Phi) is 11.1. The average Bonchev–Trinajstić information content (AvgIpc) is 3.71. The minimum absolute atomic E-state index is 0.00802. The lowest BCUT2D eigenvalue weighted by atomic mass is 9.41. The van der Waals surface area contributed by atoms with Crippen LogP contribution in [0.4, 0.5) is 0 Å². The van der Waals surface area contributed by atoms with Crippen LogP contribution in [0.15, 0.2) is 0 Å². The first-order chi connectivity index (χ1) is 25.5. The van der Waals surface area contributed by atoms with E-state index in [-0.39, 0.29) is 58.0 Å². The third kappa shape index (κ3) is 6.25. The molecule has 0 radical (unpaired) electrons. The summed E-state index contributed by atoms with van der Waals surface area (Å²) in [5.74, 6) is 0.133. The topological polar surface area (TPSA) is 239 Å². The molecule has 14 nitrogen and oxygen atoms in total. The number of aliphatic hydroxyl groups excluding tert-OH is 10. The Labute approximate surface area is 325 Å². The molecule has 2 heterocycles. The van der Waals surface area contributed by atoms with Gasteiger partial charge in [-0.25, -0.2) is 0 Å². The summed E-state index contributed by atoms with van der Waals surface area (Å²) in [4.78, 5) is 0. The molecular weight excluding hydrogens is 716 g/mol. The molecule has 2 aliphatic heterocycles. The Morgan fingerprint density at radius 1 is 0.764 bits per heavy atom. The van der Waals surface area contributed by atoms with E-state index in [2.05, 4.69) is 34.6 Å². The van der Waals surface area contributed by atoms with Crippen LogP contribution in [0.1, 0.15) is 106 Å². The monoisotopic (exact) mass is 786 g/mol. The Morgan fingerprint density at radius 3 is 2.11 bits per heavy atom. The number of fused-ring (bicyclic) bond motifs is 2. The molecular formula is C41H70O14. The van der Waals surface area contributed by atoms with Crippen molar-refractivity contribution in [1.29, 1.82) is 0 Å². The van der Waals surface area contributed by atoms with Gasteiger partial charge in [0.1, 0.15) is 42.7 Å².